The molecule has 1 aliphatic rings. The van der Waals surface area contributed by atoms with Crippen LogP contribution in [0.25, 0.3) is 0 Å². The summed E-state index contributed by atoms with van der Waals surface area (Å²) in [6.07, 6.45) is 0.0424. The lowest BCUT2D eigenvalue weighted by Gasteiger charge is -2.29. The molecule has 0 bridgehead atoms. The van der Waals surface area contributed by atoms with Gasteiger partial charge in [0.1, 0.15) is 6.54 Å². The van der Waals surface area contributed by atoms with Crippen molar-refractivity contribution in [1.82, 2.24) is 4.90 Å². The zero-order valence-electron chi connectivity index (χ0n) is 8.24. The minimum absolute atomic E-state index is 0.0768. The van der Waals surface area contributed by atoms with Crippen LogP contribution in [0.5, 0.6) is 0 Å². The number of morpholine rings is 1. The van der Waals surface area contributed by atoms with Gasteiger partial charge in [0.05, 0.1) is 0 Å². The van der Waals surface area contributed by atoms with Gasteiger partial charge in [-0.15, -0.1) is 0 Å². The lowest BCUT2D eigenvalue weighted by Crippen LogP contribution is -2.48. The molecule has 0 radical (unpaired) electrons. The summed E-state index contributed by atoms with van der Waals surface area (Å²) < 4.78 is 4.95. The molecular weight excluding hydrogens is 170 g/mol. The first-order valence-electron chi connectivity index (χ1n) is 4.45. The molecule has 0 spiro atoms. The Bertz CT molecular complexity index is 225. The van der Waals surface area contributed by atoms with Crippen LogP contribution in [0.3, 0.4) is 0 Å². The quantitative estimate of drug-likeness (QED) is 0.585. The van der Waals surface area contributed by atoms with E-state index in [2.05, 4.69) is 0 Å². The maximum absolute atomic E-state index is 11.5. The van der Waals surface area contributed by atoms with E-state index in [9.17, 15) is 9.59 Å². The van der Waals surface area contributed by atoms with Crippen molar-refractivity contribution in [2.45, 2.75) is 26.4 Å². The number of likely N-dealkylation sites (N-methyl/N-ethyl adjacent to an activating group) is 1. The van der Waals surface area contributed by atoms with Crippen LogP contribution in [0.2, 0.25) is 0 Å². The van der Waals surface area contributed by atoms with Crippen molar-refractivity contribution in [3.8, 4) is 0 Å². The van der Waals surface area contributed by atoms with Crippen LogP contribution < -0.4 is 0 Å². The standard InChI is InChI=1S/C9H15NO3/c1-6(2)4-7-9(12)10(3)5-8(11)13-7/h6-7H,4-5H2,1-3H3. The first kappa shape index (κ1) is 10.0. The lowest BCUT2D eigenvalue weighted by atomic mass is 10.0. The molecule has 4 nitrogen and oxygen atoms in total. The van der Waals surface area contributed by atoms with Crippen LogP contribution in [0, 0.1) is 5.92 Å². The summed E-state index contributed by atoms with van der Waals surface area (Å²) in [5.41, 5.74) is 0. The van der Waals surface area contributed by atoms with Crippen LogP contribution in [0.15, 0.2) is 0 Å². The van der Waals surface area contributed by atoms with E-state index in [0.717, 1.165) is 0 Å². The monoisotopic (exact) mass is 185 g/mol. The molecule has 0 aliphatic carbocycles. The fraction of sp³-hybridized carbons (Fsp3) is 0.778. The van der Waals surface area contributed by atoms with Crippen molar-refractivity contribution in [1.29, 1.82) is 0 Å². The van der Waals surface area contributed by atoms with Crippen molar-refractivity contribution < 1.29 is 14.3 Å². The number of ether oxygens (including phenoxy) is 1. The molecule has 0 aromatic heterocycles. The first-order valence-corrected chi connectivity index (χ1v) is 4.45. The molecule has 1 unspecified atom stereocenters. The van der Waals surface area contributed by atoms with E-state index in [0.29, 0.717) is 12.3 Å². The molecule has 1 heterocycles. The van der Waals surface area contributed by atoms with Crippen LogP contribution in [-0.2, 0) is 14.3 Å². The van der Waals surface area contributed by atoms with Gasteiger partial charge in [0.15, 0.2) is 6.10 Å². The van der Waals surface area contributed by atoms with Gasteiger partial charge in [-0.05, 0) is 12.3 Å². The Morgan fingerprint density at radius 3 is 2.69 bits per heavy atom. The number of carbonyl (C=O) groups is 2. The molecule has 0 saturated carbocycles. The van der Waals surface area contributed by atoms with Gasteiger partial charge in [0.25, 0.3) is 5.91 Å². The number of nitrogens with zero attached hydrogens (tertiary/aromatic N) is 1. The average Bonchev–Trinajstić information content (AvgIpc) is 1.98. The predicted octanol–water partition coefficient (Wildman–Crippen LogP) is 0.416. The highest BCUT2D eigenvalue weighted by Crippen LogP contribution is 2.14. The summed E-state index contributed by atoms with van der Waals surface area (Å²) in [6.45, 7) is 4.07. The summed E-state index contributed by atoms with van der Waals surface area (Å²) in [7, 11) is 1.62. The van der Waals surface area contributed by atoms with Crippen molar-refractivity contribution in [2.24, 2.45) is 5.92 Å². The summed E-state index contributed by atoms with van der Waals surface area (Å²) >= 11 is 0. The highest BCUT2D eigenvalue weighted by atomic mass is 16.6. The van der Waals surface area contributed by atoms with E-state index < -0.39 is 6.10 Å². The molecule has 1 saturated heterocycles. The summed E-state index contributed by atoms with van der Waals surface area (Å²) in [5, 5.41) is 0. The number of rotatable bonds is 2. The molecule has 1 amide bonds. The van der Waals surface area contributed by atoms with Crippen molar-refractivity contribution in [3.05, 3.63) is 0 Å². The largest absolute Gasteiger partial charge is 0.451 e. The third kappa shape index (κ3) is 2.44. The normalized spacial score (nSPS) is 23.7. The molecule has 0 aromatic rings. The molecule has 1 atom stereocenters. The Balaban J connectivity index is 2.61. The molecule has 74 valence electrons. The van der Waals surface area contributed by atoms with Gasteiger partial charge >= 0.3 is 5.97 Å². The topological polar surface area (TPSA) is 46.6 Å². The molecule has 4 heteroatoms. The summed E-state index contributed by atoms with van der Waals surface area (Å²) in [4.78, 5) is 23.9. The Morgan fingerprint density at radius 2 is 2.15 bits per heavy atom. The summed E-state index contributed by atoms with van der Waals surface area (Å²) in [5.74, 6) is -0.0469. The van der Waals surface area contributed by atoms with Gasteiger partial charge in [-0.25, -0.2) is 0 Å². The molecule has 0 aromatic carbocycles. The molecule has 1 rings (SSSR count). The average molecular weight is 185 g/mol. The third-order valence-corrected chi connectivity index (χ3v) is 1.98. The van der Waals surface area contributed by atoms with Crippen LogP contribution in [0.4, 0.5) is 0 Å². The number of esters is 1. The Labute approximate surface area is 77.8 Å². The van der Waals surface area contributed by atoms with Gasteiger partial charge < -0.3 is 9.64 Å². The van der Waals surface area contributed by atoms with Gasteiger partial charge in [0, 0.05) is 7.05 Å². The molecular formula is C9H15NO3. The summed E-state index contributed by atoms with van der Waals surface area (Å²) in [6, 6.07) is 0. The second-order valence-corrected chi connectivity index (χ2v) is 3.80. The maximum atomic E-state index is 11.5. The number of amides is 1. The highest BCUT2D eigenvalue weighted by Gasteiger charge is 2.32. The minimum Gasteiger partial charge on any atom is -0.451 e. The van der Waals surface area contributed by atoms with Crippen LogP contribution in [-0.4, -0.2) is 36.5 Å². The number of hydrogen-bond donors (Lipinski definition) is 0. The van der Waals surface area contributed by atoms with Crippen LogP contribution >= 0.6 is 0 Å². The SMILES string of the molecule is CC(C)CC1OC(=O)CN(C)C1=O. The van der Waals surface area contributed by atoms with E-state index in [1.807, 2.05) is 13.8 Å². The van der Waals surface area contributed by atoms with Gasteiger partial charge in [-0.1, -0.05) is 13.8 Å². The Morgan fingerprint density at radius 1 is 1.54 bits per heavy atom. The number of cyclic esters (lactones) is 1. The second-order valence-electron chi connectivity index (χ2n) is 3.80. The smallest absolute Gasteiger partial charge is 0.326 e. The highest BCUT2D eigenvalue weighted by molar-refractivity contribution is 5.90. The fourth-order valence-corrected chi connectivity index (χ4v) is 1.34. The number of hydrogen-bond acceptors (Lipinski definition) is 3. The Hall–Kier alpha value is -1.06. The third-order valence-electron chi connectivity index (χ3n) is 1.98. The Kier molecular flexibility index (Phi) is 2.90. The van der Waals surface area contributed by atoms with Gasteiger partial charge in [0.2, 0.25) is 0 Å². The predicted molar refractivity (Wildman–Crippen MR) is 47.0 cm³/mol. The van der Waals surface area contributed by atoms with Gasteiger partial charge in [-0.2, -0.15) is 0 Å². The fourth-order valence-electron chi connectivity index (χ4n) is 1.34. The number of carbonyl (C=O) groups excluding carboxylic acids is 2. The zero-order valence-corrected chi connectivity index (χ0v) is 8.24. The van der Waals surface area contributed by atoms with Crippen LogP contribution in [0.1, 0.15) is 20.3 Å². The van der Waals surface area contributed by atoms with E-state index in [1.54, 1.807) is 7.05 Å². The van der Waals surface area contributed by atoms with Gasteiger partial charge in [-0.3, -0.25) is 9.59 Å². The van der Waals surface area contributed by atoms with Crippen molar-refractivity contribution in [2.75, 3.05) is 13.6 Å². The van der Waals surface area contributed by atoms with Crippen molar-refractivity contribution in [3.63, 3.8) is 0 Å². The second kappa shape index (κ2) is 3.77. The van der Waals surface area contributed by atoms with E-state index >= 15 is 0 Å². The molecule has 13 heavy (non-hydrogen) atoms. The maximum Gasteiger partial charge on any atom is 0.326 e. The minimum atomic E-state index is -0.564. The van der Waals surface area contributed by atoms with E-state index in [4.69, 9.17) is 4.74 Å². The molecule has 1 aliphatic heterocycles. The van der Waals surface area contributed by atoms with E-state index in [1.165, 1.54) is 4.90 Å². The first-order chi connectivity index (χ1) is 6.00. The molecule has 0 N–H and O–H groups in total. The van der Waals surface area contributed by atoms with Crippen molar-refractivity contribution >= 4 is 11.9 Å². The molecule has 1 fully saturated rings. The zero-order chi connectivity index (χ0) is 10.0. The lowest BCUT2D eigenvalue weighted by molar-refractivity contribution is -0.171. The van der Waals surface area contributed by atoms with E-state index in [-0.39, 0.29) is 18.4 Å².